The lowest BCUT2D eigenvalue weighted by Crippen LogP contribution is -2.61. The number of para-hydroxylation sites is 1. The molecule has 3 aliphatic rings. The number of likely N-dealkylation sites (N-methyl/N-ethyl adjacent to an activating group) is 1. The second kappa shape index (κ2) is 6.08. The van der Waals surface area contributed by atoms with Crippen molar-refractivity contribution in [1.29, 1.82) is 0 Å². The van der Waals surface area contributed by atoms with Crippen LogP contribution < -0.4 is 14.8 Å². The molecule has 0 aliphatic carbocycles. The number of nitrogens with zero attached hydrogens (tertiary/aromatic N) is 4. The Labute approximate surface area is 181 Å². The zero-order valence-corrected chi connectivity index (χ0v) is 18.0. The van der Waals surface area contributed by atoms with Gasteiger partial charge in [-0.3, -0.25) is 4.99 Å². The maximum Gasteiger partial charge on any atom is 0.228 e. The quantitative estimate of drug-likeness (QED) is 0.552. The summed E-state index contributed by atoms with van der Waals surface area (Å²) in [6.07, 6.45) is 3.64. The lowest BCUT2D eigenvalue weighted by atomic mass is 9.77. The summed E-state index contributed by atoms with van der Waals surface area (Å²) < 4.78 is 6.96. The van der Waals surface area contributed by atoms with Crippen LogP contribution >= 0.6 is 0 Å². The van der Waals surface area contributed by atoms with E-state index in [1.807, 2.05) is 25.3 Å². The first-order valence-electron chi connectivity index (χ1n) is 10.6. The van der Waals surface area contributed by atoms with Crippen LogP contribution in [0.4, 0.5) is 17.1 Å². The van der Waals surface area contributed by atoms with Crippen LogP contribution in [0.1, 0.15) is 26.3 Å². The molecule has 0 N–H and O–H groups in total. The SMILES string of the molecule is CC1C=NN(c2cc3ccccc3c3c2OC2(C=N3)N(C)c3ccccc3C2(C)C)O1. The molecule has 3 aromatic rings. The highest BCUT2D eigenvalue weighted by Crippen LogP contribution is 2.56. The highest BCUT2D eigenvalue weighted by atomic mass is 16.7. The Morgan fingerprint density at radius 3 is 2.55 bits per heavy atom. The summed E-state index contributed by atoms with van der Waals surface area (Å²) in [4.78, 5) is 13.1. The van der Waals surface area contributed by atoms with Gasteiger partial charge in [-0.2, -0.15) is 5.10 Å². The van der Waals surface area contributed by atoms with E-state index in [0.29, 0.717) is 5.75 Å². The molecule has 6 heteroatoms. The van der Waals surface area contributed by atoms with Crippen LogP contribution in [0.3, 0.4) is 0 Å². The number of rotatable bonds is 1. The van der Waals surface area contributed by atoms with Crippen LogP contribution in [0.25, 0.3) is 10.8 Å². The fourth-order valence-corrected chi connectivity index (χ4v) is 5.02. The highest BCUT2D eigenvalue weighted by Gasteiger charge is 2.59. The minimum atomic E-state index is -0.768. The molecule has 6 rings (SSSR count). The van der Waals surface area contributed by atoms with Crippen molar-refractivity contribution in [3.8, 4) is 5.75 Å². The normalized spacial score (nSPS) is 25.2. The molecule has 1 spiro atoms. The van der Waals surface area contributed by atoms with Gasteiger partial charge in [0, 0.05) is 18.1 Å². The second-order valence-corrected chi connectivity index (χ2v) is 8.90. The fourth-order valence-electron chi connectivity index (χ4n) is 5.02. The summed E-state index contributed by atoms with van der Waals surface area (Å²) in [7, 11) is 2.07. The van der Waals surface area contributed by atoms with Crippen LogP contribution in [0.5, 0.6) is 5.75 Å². The van der Waals surface area contributed by atoms with Crippen LogP contribution in [-0.2, 0) is 10.3 Å². The summed E-state index contributed by atoms with van der Waals surface area (Å²) in [6.45, 7) is 6.38. The molecule has 0 saturated heterocycles. The standard InChI is InChI=1S/C25H24N4O2/c1-16-14-27-29(31-16)21-13-17-9-5-6-10-18(17)22-23(21)30-25(15-26-22)24(2,3)19-11-7-8-12-20(19)28(25)4/h5-16H,1-4H3. The third-order valence-corrected chi connectivity index (χ3v) is 6.77. The van der Waals surface area contributed by atoms with E-state index >= 15 is 0 Å². The number of fused-ring (bicyclic) bond motifs is 4. The summed E-state index contributed by atoms with van der Waals surface area (Å²) >= 11 is 0. The van der Waals surface area contributed by atoms with Crippen molar-refractivity contribution in [2.45, 2.75) is 38.0 Å². The Morgan fingerprint density at radius 1 is 1.00 bits per heavy atom. The first-order chi connectivity index (χ1) is 14.9. The van der Waals surface area contributed by atoms with Crippen molar-refractivity contribution in [1.82, 2.24) is 0 Å². The van der Waals surface area contributed by atoms with E-state index in [1.54, 1.807) is 11.4 Å². The molecule has 0 saturated carbocycles. The molecule has 156 valence electrons. The zero-order valence-electron chi connectivity index (χ0n) is 18.0. The van der Waals surface area contributed by atoms with Gasteiger partial charge in [0.05, 0.1) is 17.8 Å². The van der Waals surface area contributed by atoms with Crippen LogP contribution in [0.2, 0.25) is 0 Å². The number of anilines is 2. The minimum Gasteiger partial charge on any atom is -0.457 e. The molecule has 3 aromatic carbocycles. The van der Waals surface area contributed by atoms with E-state index in [9.17, 15) is 0 Å². The van der Waals surface area contributed by atoms with Crippen molar-refractivity contribution < 1.29 is 9.57 Å². The van der Waals surface area contributed by atoms with E-state index in [4.69, 9.17) is 14.6 Å². The van der Waals surface area contributed by atoms with E-state index in [1.165, 1.54) is 5.56 Å². The predicted octanol–water partition coefficient (Wildman–Crippen LogP) is 5.18. The molecule has 0 aromatic heterocycles. The molecule has 0 amide bonds. The van der Waals surface area contributed by atoms with Gasteiger partial charge in [0.1, 0.15) is 17.5 Å². The molecule has 31 heavy (non-hydrogen) atoms. The maximum absolute atomic E-state index is 6.96. The smallest absolute Gasteiger partial charge is 0.228 e. The maximum atomic E-state index is 6.96. The van der Waals surface area contributed by atoms with Gasteiger partial charge in [-0.25, -0.2) is 4.84 Å². The van der Waals surface area contributed by atoms with Crippen LogP contribution in [-0.4, -0.2) is 31.3 Å². The average molecular weight is 412 g/mol. The predicted molar refractivity (Wildman–Crippen MR) is 125 cm³/mol. The topological polar surface area (TPSA) is 49.7 Å². The molecular weight excluding hydrogens is 388 g/mol. The Bertz CT molecular complexity index is 1280. The molecule has 0 radical (unpaired) electrons. The second-order valence-electron chi connectivity index (χ2n) is 8.90. The monoisotopic (exact) mass is 412 g/mol. The molecule has 6 nitrogen and oxygen atoms in total. The number of ether oxygens (including phenoxy) is 1. The number of hydrogen-bond donors (Lipinski definition) is 0. The van der Waals surface area contributed by atoms with Crippen molar-refractivity contribution in [2.24, 2.45) is 10.1 Å². The summed E-state index contributed by atoms with van der Waals surface area (Å²) in [5, 5.41) is 8.11. The summed E-state index contributed by atoms with van der Waals surface area (Å²) in [6, 6.07) is 18.7. The van der Waals surface area contributed by atoms with Gasteiger partial charge in [-0.05, 0) is 43.9 Å². The Balaban J connectivity index is 1.58. The zero-order chi connectivity index (χ0) is 21.4. The fraction of sp³-hybridized carbons (Fsp3) is 0.280. The van der Waals surface area contributed by atoms with E-state index < -0.39 is 5.72 Å². The molecule has 2 atom stereocenters. The number of hydrazone groups is 1. The average Bonchev–Trinajstić information content (AvgIpc) is 3.28. The van der Waals surface area contributed by atoms with Crippen molar-refractivity contribution in [3.63, 3.8) is 0 Å². The van der Waals surface area contributed by atoms with Crippen LogP contribution in [0.15, 0.2) is 64.7 Å². The number of aliphatic imine (C=N–C) groups is 1. The van der Waals surface area contributed by atoms with E-state index in [0.717, 1.165) is 27.8 Å². The Morgan fingerprint density at radius 2 is 1.77 bits per heavy atom. The van der Waals surface area contributed by atoms with Gasteiger partial charge >= 0.3 is 0 Å². The molecule has 2 unspecified atom stereocenters. The Kier molecular flexibility index (Phi) is 3.61. The van der Waals surface area contributed by atoms with E-state index in [2.05, 4.69) is 73.4 Å². The van der Waals surface area contributed by atoms with Gasteiger partial charge in [-0.1, -0.05) is 42.5 Å². The first-order valence-corrected chi connectivity index (χ1v) is 10.6. The summed E-state index contributed by atoms with van der Waals surface area (Å²) in [5.41, 5.74) is 2.84. The molecule has 0 fully saturated rings. The molecular formula is C25H24N4O2. The lowest BCUT2D eigenvalue weighted by Gasteiger charge is -2.45. The third kappa shape index (κ3) is 2.31. The van der Waals surface area contributed by atoms with Crippen LogP contribution in [0, 0.1) is 0 Å². The third-order valence-electron chi connectivity index (χ3n) is 6.77. The van der Waals surface area contributed by atoms with Gasteiger partial charge in [0.2, 0.25) is 5.72 Å². The first kappa shape index (κ1) is 18.4. The van der Waals surface area contributed by atoms with Gasteiger partial charge in [0.25, 0.3) is 0 Å². The highest BCUT2D eigenvalue weighted by molar-refractivity contribution is 6.03. The van der Waals surface area contributed by atoms with Crippen molar-refractivity contribution >= 4 is 40.3 Å². The largest absolute Gasteiger partial charge is 0.457 e. The number of benzene rings is 3. The lowest BCUT2D eigenvalue weighted by molar-refractivity contribution is 0.0759. The Hall–Kier alpha value is -3.38. The van der Waals surface area contributed by atoms with Gasteiger partial charge in [0.15, 0.2) is 5.75 Å². The molecule has 0 bridgehead atoms. The number of hydrogen-bond acceptors (Lipinski definition) is 6. The minimum absolute atomic E-state index is 0.0991. The van der Waals surface area contributed by atoms with Crippen molar-refractivity contribution in [2.75, 3.05) is 17.1 Å². The molecule has 3 heterocycles. The van der Waals surface area contributed by atoms with Gasteiger partial charge in [-0.15, -0.1) is 5.17 Å². The molecule has 3 aliphatic heterocycles. The van der Waals surface area contributed by atoms with Gasteiger partial charge < -0.3 is 9.64 Å². The van der Waals surface area contributed by atoms with Crippen molar-refractivity contribution in [3.05, 3.63) is 60.2 Å². The summed E-state index contributed by atoms with van der Waals surface area (Å²) in [5.74, 6) is 0.681. The van der Waals surface area contributed by atoms with E-state index in [-0.39, 0.29) is 11.5 Å².